The van der Waals surface area contributed by atoms with Crippen molar-refractivity contribution in [3.8, 4) is 0 Å². The Hall–Kier alpha value is -1.88. The summed E-state index contributed by atoms with van der Waals surface area (Å²) in [7, 11) is 0. The van der Waals surface area contributed by atoms with Gasteiger partial charge in [-0.3, -0.25) is 9.67 Å². The van der Waals surface area contributed by atoms with Gasteiger partial charge in [-0.1, -0.05) is 0 Å². The van der Waals surface area contributed by atoms with Gasteiger partial charge >= 0.3 is 0 Å². The Morgan fingerprint density at radius 3 is 3.05 bits per heavy atom. The number of ether oxygens (including phenoxy) is 1. The summed E-state index contributed by atoms with van der Waals surface area (Å²) in [6.07, 6.45) is 5.98. The Labute approximate surface area is 119 Å². The predicted molar refractivity (Wildman–Crippen MR) is 77.9 cm³/mol. The fourth-order valence-electron chi connectivity index (χ4n) is 2.57. The third kappa shape index (κ3) is 2.99. The van der Waals surface area contributed by atoms with E-state index in [1.165, 1.54) is 11.3 Å². The molecule has 0 aromatic carbocycles. The van der Waals surface area contributed by atoms with Gasteiger partial charge in [0.15, 0.2) is 0 Å². The molecule has 2 aromatic rings. The molecule has 2 aromatic heterocycles. The highest BCUT2D eigenvalue weighted by Gasteiger charge is 2.21. The molecule has 0 aliphatic carbocycles. The fourth-order valence-corrected chi connectivity index (χ4v) is 2.57. The summed E-state index contributed by atoms with van der Waals surface area (Å²) in [6.45, 7) is 7.45. The average molecular weight is 272 g/mol. The van der Waals surface area contributed by atoms with Crippen molar-refractivity contribution in [2.24, 2.45) is 0 Å². The van der Waals surface area contributed by atoms with Crippen LogP contribution in [0.4, 0.5) is 5.69 Å². The van der Waals surface area contributed by atoms with Gasteiger partial charge in [-0.05, 0) is 31.5 Å². The normalized spacial score (nSPS) is 19.3. The van der Waals surface area contributed by atoms with Crippen LogP contribution in [0.3, 0.4) is 0 Å². The van der Waals surface area contributed by atoms with Crippen LogP contribution in [0, 0.1) is 13.8 Å². The molecule has 106 valence electrons. The zero-order valence-corrected chi connectivity index (χ0v) is 12.0. The molecule has 1 aliphatic rings. The Morgan fingerprint density at radius 2 is 2.30 bits per heavy atom. The van der Waals surface area contributed by atoms with Gasteiger partial charge in [-0.2, -0.15) is 5.10 Å². The molecular formula is C15H20N4O. The molecule has 5 heteroatoms. The molecule has 0 spiro atoms. The maximum Gasteiger partial charge on any atom is 0.0946 e. The lowest BCUT2D eigenvalue weighted by Crippen LogP contribution is -2.44. The maximum absolute atomic E-state index is 5.85. The number of nitrogens with zero attached hydrogens (tertiary/aromatic N) is 4. The van der Waals surface area contributed by atoms with Crippen molar-refractivity contribution in [1.82, 2.24) is 14.8 Å². The molecule has 3 rings (SSSR count). The van der Waals surface area contributed by atoms with Crippen molar-refractivity contribution < 1.29 is 4.74 Å². The van der Waals surface area contributed by atoms with Crippen LogP contribution in [-0.4, -0.2) is 40.6 Å². The lowest BCUT2D eigenvalue weighted by molar-refractivity contribution is 0.0274. The van der Waals surface area contributed by atoms with Crippen molar-refractivity contribution in [1.29, 1.82) is 0 Å². The predicted octanol–water partition coefficient (Wildman–Crippen LogP) is 1.80. The molecule has 1 saturated heterocycles. The molecule has 0 radical (unpaired) electrons. The topological polar surface area (TPSA) is 43.2 Å². The van der Waals surface area contributed by atoms with E-state index >= 15 is 0 Å². The standard InChI is InChI=1S/C15H20N4O/c1-12-8-17-19(9-12)11-15-10-18(5-6-20-15)14-3-4-16-13(2)7-14/h3-4,7-9,15H,5-6,10-11H2,1-2H3. The zero-order chi connectivity index (χ0) is 13.9. The van der Waals surface area contributed by atoms with Crippen LogP contribution in [0.25, 0.3) is 0 Å². The minimum atomic E-state index is 0.177. The molecule has 1 unspecified atom stereocenters. The summed E-state index contributed by atoms with van der Waals surface area (Å²) in [5.74, 6) is 0. The summed E-state index contributed by atoms with van der Waals surface area (Å²) >= 11 is 0. The first-order chi connectivity index (χ1) is 9.70. The summed E-state index contributed by atoms with van der Waals surface area (Å²) in [6, 6.07) is 4.19. The van der Waals surface area contributed by atoms with Crippen LogP contribution >= 0.6 is 0 Å². The van der Waals surface area contributed by atoms with Crippen molar-refractivity contribution in [3.05, 3.63) is 42.0 Å². The summed E-state index contributed by atoms with van der Waals surface area (Å²) < 4.78 is 7.81. The van der Waals surface area contributed by atoms with Gasteiger partial charge < -0.3 is 9.64 Å². The Bertz CT molecular complexity index is 581. The van der Waals surface area contributed by atoms with E-state index in [1.807, 2.05) is 24.0 Å². The summed E-state index contributed by atoms with van der Waals surface area (Å²) in [5.41, 5.74) is 3.46. The monoisotopic (exact) mass is 272 g/mol. The van der Waals surface area contributed by atoms with Crippen molar-refractivity contribution in [3.63, 3.8) is 0 Å². The van der Waals surface area contributed by atoms with Crippen LogP contribution in [0.1, 0.15) is 11.3 Å². The van der Waals surface area contributed by atoms with E-state index in [2.05, 4.69) is 40.2 Å². The van der Waals surface area contributed by atoms with E-state index in [9.17, 15) is 0 Å². The second-order valence-corrected chi connectivity index (χ2v) is 5.33. The minimum absolute atomic E-state index is 0.177. The highest BCUT2D eigenvalue weighted by atomic mass is 16.5. The third-order valence-electron chi connectivity index (χ3n) is 3.54. The SMILES string of the molecule is Cc1cnn(CC2CN(c3ccnc(C)c3)CCO2)c1. The number of hydrogen-bond donors (Lipinski definition) is 0. The van der Waals surface area contributed by atoms with Crippen LogP contribution in [0.15, 0.2) is 30.7 Å². The second kappa shape index (κ2) is 5.63. The van der Waals surface area contributed by atoms with Gasteiger partial charge in [-0.15, -0.1) is 0 Å². The van der Waals surface area contributed by atoms with Gasteiger partial charge in [0.05, 0.1) is 25.5 Å². The fraction of sp³-hybridized carbons (Fsp3) is 0.467. The number of aromatic nitrogens is 3. The first-order valence-electron chi connectivity index (χ1n) is 6.99. The molecule has 0 amide bonds. The number of rotatable bonds is 3. The maximum atomic E-state index is 5.85. The molecule has 1 fully saturated rings. The quantitative estimate of drug-likeness (QED) is 0.854. The Kier molecular flexibility index (Phi) is 3.69. The van der Waals surface area contributed by atoms with E-state index in [0.29, 0.717) is 0 Å². The number of pyridine rings is 1. The van der Waals surface area contributed by atoms with Gasteiger partial charge in [0, 0.05) is 36.9 Å². The Morgan fingerprint density at radius 1 is 1.40 bits per heavy atom. The van der Waals surface area contributed by atoms with E-state index in [-0.39, 0.29) is 6.10 Å². The first-order valence-corrected chi connectivity index (χ1v) is 6.99. The first kappa shape index (κ1) is 13.1. The largest absolute Gasteiger partial charge is 0.373 e. The molecule has 20 heavy (non-hydrogen) atoms. The summed E-state index contributed by atoms with van der Waals surface area (Å²) in [5, 5.41) is 4.33. The van der Waals surface area contributed by atoms with Crippen molar-refractivity contribution >= 4 is 5.69 Å². The molecule has 0 bridgehead atoms. The average Bonchev–Trinajstić information content (AvgIpc) is 2.84. The van der Waals surface area contributed by atoms with E-state index in [1.54, 1.807) is 0 Å². The molecule has 1 aliphatic heterocycles. The van der Waals surface area contributed by atoms with E-state index in [0.717, 1.165) is 31.9 Å². The molecular weight excluding hydrogens is 252 g/mol. The zero-order valence-electron chi connectivity index (χ0n) is 12.0. The van der Waals surface area contributed by atoms with Gasteiger partial charge in [0.1, 0.15) is 0 Å². The van der Waals surface area contributed by atoms with Crippen LogP contribution in [0.2, 0.25) is 0 Å². The molecule has 0 N–H and O–H groups in total. The van der Waals surface area contributed by atoms with Crippen LogP contribution < -0.4 is 4.90 Å². The van der Waals surface area contributed by atoms with Crippen molar-refractivity contribution in [2.45, 2.75) is 26.5 Å². The highest BCUT2D eigenvalue weighted by molar-refractivity contribution is 5.46. The van der Waals surface area contributed by atoms with Gasteiger partial charge in [0.2, 0.25) is 0 Å². The second-order valence-electron chi connectivity index (χ2n) is 5.33. The minimum Gasteiger partial charge on any atom is -0.373 e. The lowest BCUT2D eigenvalue weighted by atomic mass is 10.2. The van der Waals surface area contributed by atoms with Crippen LogP contribution in [0.5, 0.6) is 0 Å². The Balaban J connectivity index is 1.67. The molecule has 3 heterocycles. The number of morpholine rings is 1. The van der Waals surface area contributed by atoms with Crippen molar-refractivity contribution in [2.75, 3.05) is 24.6 Å². The van der Waals surface area contributed by atoms with Gasteiger partial charge in [0.25, 0.3) is 0 Å². The number of aryl methyl sites for hydroxylation is 2. The number of hydrogen-bond acceptors (Lipinski definition) is 4. The van der Waals surface area contributed by atoms with Gasteiger partial charge in [-0.25, -0.2) is 0 Å². The molecule has 0 saturated carbocycles. The lowest BCUT2D eigenvalue weighted by Gasteiger charge is -2.34. The van der Waals surface area contributed by atoms with E-state index in [4.69, 9.17) is 4.74 Å². The highest BCUT2D eigenvalue weighted by Crippen LogP contribution is 2.18. The summed E-state index contributed by atoms with van der Waals surface area (Å²) in [4.78, 5) is 6.61. The van der Waals surface area contributed by atoms with E-state index < -0.39 is 0 Å². The third-order valence-corrected chi connectivity index (χ3v) is 3.54. The molecule has 5 nitrogen and oxygen atoms in total. The number of anilines is 1. The smallest absolute Gasteiger partial charge is 0.0946 e. The molecule has 1 atom stereocenters. The van der Waals surface area contributed by atoms with Crippen LogP contribution in [-0.2, 0) is 11.3 Å².